The van der Waals surface area contributed by atoms with Crippen LogP contribution >= 0.6 is 11.3 Å². The Bertz CT molecular complexity index is 1180. The summed E-state index contributed by atoms with van der Waals surface area (Å²) in [7, 11) is 0. The molecule has 0 spiro atoms. The summed E-state index contributed by atoms with van der Waals surface area (Å²) in [6.07, 6.45) is 3.99. The molecule has 0 saturated carbocycles. The van der Waals surface area contributed by atoms with Crippen LogP contribution in [0, 0.1) is 0 Å². The smallest absolute Gasteiger partial charge is 0.144 e. The van der Waals surface area contributed by atoms with Crippen LogP contribution in [-0.4, -0.2) is 9.38 Å². The summed E-state index contributed by atoms with van der Waals surface area (Å²) < 4.78 is 8.32. The standard InChI is InChI=1S/C22H16N2OS/c1-2-7-16(8-3-1)22-23-13-20-18-10-4-5-11-19(18)21(14-24(20)22)25-15-17-9-6-12-26-17/h1-14H,15H2. The van der Waals surface area contributed by atoms with Gasteiger partial charge in [0.25, 0.3) is 0 Å². The fraction of sp³-hybridized carbons (Fsp3) is 0.0455. The molecule has 26 heavy (non-hydrogen) atoms. The van der Waals surface area contributed by atoms with E-state index in [1.54, 1.807) is 11.3 Å². The predicted molar refractivity (Wildman–Crippen MR) is 107 cm³/mol. The van der Waals surface area contributed by atoms with Crippen LogP contribution in [0.4, 0.5) is 0 Å². The Labute approximate surface area is 155 Å². The van der Waals surface area contributed by atoms with Gasteiger partial charge in [-0.1, -0.05) is 60.7 Å². The summed E-state index contributed by atoms with van der Waals surface area (Å²) in [4.78, 5) is 5.89. The van der Waals surface area contributed by atoms with Gasteiger partial charge >= 0.3 is 0 Å². The highest BCUT2D eigenvalue weighted by Crippen LogP contribution is 2.32. The van der Waals surface area contributed by atoms with Gasteiger partial charge in [-0.25, -0.2) is 4.98 Å². The molecule has 4 heteroatoms. The van der Waals surface area contributed by atoms with E-state index < -0.39 is 0 Å². The van der Waals surface area contributed by atoms with Crippen LogP contribution in [0.2, 0.25) is 0 Å². The molecular weight excluding hydrogens is 340 g/mol. The summed E-state index contributed by atoms with van der Waals surface area (Å²) in [5, 5.41) is 4.32. The van der Waals surface area contributed by atoms with E-state index in [4.69, 9.17) is 4.74 Å². The number of rotatable bonds is 4. The number of imidazole rings is 1. The zero-order chi connectivity index (χ0) is 17.3. The Balaban J connectivity index is 1.69. The molecule has 126 valence electrons. The number of hydrogen-bond acceptors (Lipinski definition) is 3. The fourth-order valence-electron chi connectivity index (χ4n) is 3.26. The second-order valence-electron chi connectivity index (χ2n) is 6.11. The third kappa shape index (κ3) is 2.55. The molecule has 5 aromatic rings. The summed E-state index contributed by atoms with van der Waals surface area (Å²) in [6, 6.07) is 22.7. The molecular formula is C22H16N2OS. The average Bonchev–Trinajstić information content (AvgIpc) is 3.36. The van der Waals surface area contributed by atoms with E-state index >= 15 is 0 Å². The number of ether oxygens (including phenoxy) is 1. The number of fused-ring (bicyclic) bond motifs is 3. The number of aromatic nitrogens is 2. The van der Waals surface area contributed by atoms with Crippen molar-refractivity contribution in [2.45, 2.75) is 6.61 Å². The first kappa shape index (κ1) is 15.2. The highest BCUT2D eigenvalue weighted by molar-refractivity contribution is 7.09. The van der Waals surface area contributed by atoms with Crippen molar-refractivity contribution in [2.24, 2.45) is 0 Å². The van der Waals surface area contributed by atoms with Gasteiger partial charge in [-0.15, -0.1) is 11.3 Å². The minimum atomic E-state index is 0.572. The van der Waals surface area contributed by atoms with Crippen molar-refractivity contribution in [2.75, 3.05) is 0 Å². The van der Waals surface area contributed by atoms with Gasteiger partial charge in [0.2, 0.25) is 0 Å². The van der Waals surface area contributed by atoms with Crippen LogP contribution in [0.1, 0.15) is 4.88 Å². The topological polar surface area (TPSA) is 26.5 Å². The maximum Gasteiger partial charge on any atom is 0.144 e. The second-order valence-corrected chi connectivity index (χ2v) is 7.14. The van der Waals surface area contributed by atoms with Crippen molar-refractivity contribution in [3.05, 3.63) is 89.4 Å². The third-order valence-electron chi connectivity index (χ3n) is 4.49. The zero-order valence-corrected chi connectivity index (χ0v) is 14.8. The van der Waals surface area contributed by atoms with Gasteiger partial charge in [-0.05, 0) is 11.4 Å². The van der Waals surface area contributed by atoms with Gasteiger partial charge < -0.3 is 4.74 Å². The van der Waals surface area contributed by atoms with Crippen molar-refractivity contribution >= 4 is 27.6 Å². The van der Waals surface area contributed by atoms with E-state index in [-0.39, 0.29) is 0 Å². The summed E-state index contributed by atoms with van der Waals surface area (Å²) in [6.45, 7) is 0.572. The lowest BCUT2D eigenvalue weighted by molar-refractivity contribution is 0.312. The van der Waals surface area contributed by atoms with E-state index in [0.29, 0.717) is 6.61 Å². The van der Waals surface area contributed by atoms with Crippen molar-refractivity contribution < 1.29 is 4.74 Å². The van der Waals surface area contributed by atoms with E-state index in [1.807, 2.05) is 36.5 Å². The SMILES string of the molecule is c1ccc(-c2ncc3c4ccccc4c(OCc4cccs4)cn23)cc1. The molecule has 0 unspecified atom stereocenters. The first-order valence-corrected chi connectivity index (χ1v) is 9.37. The van der Waals surface area contributed by atoms with Gasteiger partial charge in [0.15, 0.2) is 0 Å². The number of pyridine rings is 1. The van der Waals surface area contributed by atoms with Crippen LogP contribution < -0.4 is 4.74 Å². The van der Waals surface area contributed by atoms with E-state index in [9.17, 15) is 0 Å². The molecule has 0 aliphatic carbocycles. The molecule has 0 saturated heterocycles. The summed E-state index contributed by atoms with van der Waals surface area (Å²) >= 11 is 1.71. The molecule has 2 aromatic carbocycles. The van der Waals surface area contributed by atoms with Crippen molar-refractivity contribution in [3.8, 4) is 17.1 Å². The van der Waals surface area contributed by atoms with Gasteiger partial charge in [0.1, 0.15) is 18.2 Å². The largest absolute Gasteiger partial charge is 0.486 e. The normalized spacial score (nSPS) is 11.2. The van der Waals surface area contributed by atoms with Crippen LogP contribution in [0.15, 0.2) is 84.5 Å². The minimum Gasteiger partial charge on any atom is -0.486 e. The molecule has 5 rings (SSSR count). The molecule has 0 radical (unpaired) electrons. The van der Waals surface area contributed by atoms with Crippen LogP contribution in [-0.2, 0) is 6.61 Å². The lowest BCUT2D eigenvalue weighted by atomic mass is 10.1. The maximum absolute atomic E-state index is 6.19. The summed E-state index contributed by atoms with van der Waals surface area (Å²) in [5.74, 6) is 1.80. The van der Waals surface area contributed by atoms with E-state index in [0.717, 1.165) is 33.4 Å². The average molecular weight is 356 g/mol. The molecule has 0 bridgehead atoms. The van der Waals surface area contributed by atoms with Crippen LogP contribution in [0.5, 0.6) is 5.75 Å². The van der Waals surface area contributed by atoms with E-state index in [2.05, 4.69) is 57.4 Å². The Kier molecular flexibility index (Phi) is 3.68. The highest BCUT2D eigenvalue weighted by atomic mass is 32.1. The molecule has 0 aliphatic rings. The first-order valence-electron chi connectivity index (χ1n) is 8.49. The van der Waals surface area contributed by atoms with Crippen LogP contribution in [0.3, 0.4) is 0 Å². The maximum atomic E-state index is 6.19. The quantitative estimate of drug-likeness (QED) is 0.407. The molecule has 0 amide bonds. The molecule has 0 atom stereocenters. The van der Waals surface area contributed by atoms with Gasteiger partial charge in [-0.3, -0.25) is 4.40 Å². The Morgan fingerprint density at radius 2 is 1.69 bits per heavy atom. The number of thiophene rings is 1. The van der Waals surface area contributed by atoms with Crippen LogP contribution in [0.25, 0.3) is 27.7 Å². The Morgan fingerprint density at radius 1 is 0.885 bits per heavy atom. The second kappa shape index (κ2) is 6.32. The monoisotopic (exact) mass is 356 g/mol. The highest BCUT2D eigenvalue weighted by Gasteiger charge is 2.13. The van der Waals surface area contributed by atoms with Gasteiger partial charge in [0.05, 0.1) is 17.9 Å². The fourth-order valence-corrected chi connectivity index (χ4v) is 3.87. The molecule has 3 heterocycles. The van der Waals surface area contributed by atoms with Gasteiger partial charge in [-0.2, -0.15) is 0 Å². The Morgan fingerprint density at radius 3 is 2.50 bits per heavy atom. The zero-order valence-electron chi connectivity index (χ0n) is 14.0. The molecule has 0 N–H and O–H groups in total. The molecule has 3 nitrogen and oxygen atoms in total. The summed E-state index contributed by atoms with van der Waals surface area (Å²) in [5.41, 5.74) is 2.18. The molecule has 0 fully saturated rings. The molecule has 3 aromatic heterocycles. The molecule has 0 aliphatic heterocycles. The lowest BCUT2D eigenvalue weighted by Gasteiger charge is -2.12. The third-order valence-corrected chi connectivity index (χ3v) is 5.34. The number of benzene rings is 2. The van der Waals surface area contributed by atoms with Gasteiger partial charge in [0, 0.05) is 21.2 Å². The Hall–Kier alpha value is -3.11. The minimum absolute atomic E-state index is 0.572. The first-order chi connectivity index (χ1) is 12.9. The van der Waals surface area contributed by atoms with Crippen molar-refractivity contribution in [3.63, 3.8) is 0 Å². The lowest BCUT2D eigenvalue weighted by Crippen LogP contribution is -1.97. The number of nitrogens with zero attached hydrogens (tertiary/aromatic N) is 2. The predicted octanol–water partition coefficient (Wildman–Crippen LogP) is 5.80. The van der Waals surface area contributed by atoms with Crippen molar-refractivity contribution in [1.29, 1.82) is 0 Å². The number of hydrogen-bond donors (Lipinski definition) is 0. The van der Waals surface area contributed by atoms with Crippen molar-refractivity contribution in [1.82, 2.24) is 9.38 Å². The van der Waals surface area contributed by atoms with E-state index in [1.165, 1.54) is 4.88 Å².